The molecular weight excluding hydrogens is 166 g/mol. The number of nitrogens with one attached hydrogen (secondary N) is 1. The number of nitrogens with zero attached hydrogens (tertiary/aromatic N) is 2. The van der Waals surface area contributed by atoms with Crippen LogP contribution in [0, 0.1) is 0 Å². The summed E-state index contributed by atoms with van der Waals surface area (Å²) in [6.45, 7) is 5.17. The maximum Gasteiger partial charge on any atom is 0.231 e. The standard InChI is InChI=1S/C9H15N3O/c1-3-8-11-9(13-12-8)7-4-6(2)10-5-7/h6-7,10H,3-5H2,1-2H3. The lowest BCUT2D eigenvalue weighted by Crippen LogP contribution is -2.16. The first-order valence-corrected chi connectivity index (χ1v) is 4.85. The number of hydrogen-bond acceptors (Lipinski definition) is 4. The lowest BCUT2D eigenvalue weighted by molar-refractivity contribution is 0.354. The zero-order chi connectivity index (χ0) is 9.26. The quantitative estimate of drug-likeness (QED) is 0.742. The molecule has 1 aromatic heterocycles. The summed E-state index contributed by atoms with van der Waals surface area (Å²) in [4.78, 5) is 4.33. The van der Waals surface area contributed by atoms with Crippen molar-refractivity contribution in [2.24, 2.45) is 0 Å². The second-order valence-electron chi connectivity index (χ2n) is 3.64. The molecule has 1 aliphatic rings. The fourth-order valence-corrected chi connectivity index (χ4v) is 1.70. The molecule has 4 heteroatoms. The van der Waals surface area contributed by atoms with E-state index in [9.17, 15) is 0 Å². The lowest BCUT2D eigenvalue weighted by Gasteiger charge is -1.99. The van der Waals surface area contributed by atoms with E-state index in [2.05, 4.69) is 22.4 Å². The largest absolute Gasteiger partial charge is 0.339 e. The summed E-state index contributed by atoms with van der Waals surface area (Å²) in [5, 5.41) is 7.26. The van der Waals surface area contributed by atoms with Crippen LogP contribution in [0.3, 0.4) is 0 Å². The van der Waals surface area contributed by atoms with Crippen LogP contribution in [-0.4, -0.2) is 22.7 Å². The molecule has 0 bridgehead atoms. The van der Waals surface area contributed by atoms with Crippen LogP contribution in [0.4, 0.5) is 0 Å². The van der Waals surface area contributed by atoms with Crippen LogP contribution in [0.25, 0.3) is 0 Å². The molecule has 2 unspecified atom stereocenters. The molecule has 0 amide bonds. The highest BCUT2D eigenvalue weighted by molar-refractivity contribution is 4.99. The van der Waals surface area contributed by atoms with Gasteiger partial charge in [-0.05, 0) is 13.3 Å². The monoisotopic (exact) mass is 181 g/mol. The number of rotatable bonds is 2. The van der Waals surface area contributed by atoms with E-state index < -0.39 is 0 Å². The average Bonchev–Trinajstić information content (AvgIpc) is 2.71. The van der Waals surface area contributed by atoms with Crippen molar-refractivity contribution >= 4 is 0 Å². The highest BCUT2D eigenvalue weighted by atomic mass is 16.5. The number of aryl methyl sites for hydroxylation is 1. The van der Waals surface area contributed by atoms with Crippen molar-refractivity contribution in [2.45, 2.75) is 38.6 Å². The van der Waals surface area contributed by atoms with E-state index in [1.54, 1.807) is 0 Å². The molecule has 0 radical (unpaired) electrons. The second-order valence-corrected chi connectivity index (χ2v) is 3.64. The van der Waals surface area contributed by atoms with Gasteiger partial charge in [-0.2, -0.15) is 4.98 Å². The summed E-state index contributed by atoms with van der Waals surface area (Å²) in [5.41, 5.74) is 0. The smallest absolute Gasteiger partial charge is 0.231 e. The van der Waals surface area contributed by atoms with Crippen molar-refractivity contribution in [2.75, 3.05) is 6.54 Å². The second kappa shape index (κ2) is 3.46. The molecule has 13 heavy (non-hydrogen) atoms. The minimum Gasteiger partial charge on any atom is -0.339 e. The molecule has 1 saturated heterocycles. The maximum atomic E-state index is 5.19. The molecule has 2 heterocycles. The minimum absolute atomic E-state index is 0.419. The lowest BCUT2D eigenvalue weighted by atomic mass is 10.1. The van der Waals surface area contributed by atoms with Crippen molar-refractivity contribution in [1.29, 1.82) is 0 Å². The molecule has 0 saturated carbocycles. The van der Waals surface area contributed by atoms with Gasteiger partial charge in [-0.1, -0.05) is 12.1 Å². The fourth-order valence-electron chi connectivity index (χ4n) is 1.70. The Kier molecular flexibility index (Phi) is 2.31. The van der Waals surface area contributed by atoms with Gasteiger partial charge in [0.15, 0.2) is 5.82 Å². The Bertz CT molecular complexity index is 284. The third-order valence-electron chi connectivity index (χ3n) is 2.50. The number of hydrogen-bond donors (Lipinski definition) is 1. The van der Waals surface area contributed by atoms with Crippen molar-refractivity contribution in [3.63, 3.8) is 0 Å². The van der Waals surface area contributed by atoms with E-state index in [4.69, 9.17) is 4.52 Å². The van der Waals surface area contributed by atoms with E-state index >= 15 is 0 Å². The Morgan fingerprint density at radius 3 is 3.00 bits per heavy atom. The Hall–Kier alpha value is -0.900. The van der Waals surface area contributed by atoms with Gasteiger partial charge in [0.25, 0.3) is 0 Å². The Balaban J connectivity index is 2.08. The summed E-state index contributed by atoms with van der Waals surface area (Å²) >= 11 is 0. The Morgan fingerprint density at radius 1 is 1.62 bits per heavy atom. The summed E-state index contributed by atoms with van der Waals surface area (Å²) in [6, 6.07) is 0.571. The van der Waals surface area contributed by atoms with E-state index in [0.717, 1.165) is 31.1 Å². The first-order chi connectivity index (χ1) is 6.29. The molecule has 1 aliphatic heterocycles. The zero-order valence-electron chi connectivity index (χ0n) is 8.08. The van der Waals surface area contributed by atoms with Gasteiger partial charge in [-0.3, -0.25) is 0 Å². The van der Waals surface area contributed by atoms with E-state index in [1.807, 2.05) is 6.92 Å². The van der Waals surface area contributed by atoms with Gasteiger partial charge in [-0.25, -0.2) is 0 Å². The molecule has 1 fully saturated rings. The van der Waals surface area contributed by atoms with Crippen molar-refractivity contribution in [3.05, 3.63) is 11.7 Å². The molecule has 4 nitrogen and oxygen atoms in total. The van der Waals surface area contributed by atoms with Gasteiger partial charge in [0.2, 0.25) is 5.89 Å². The van der Waals surface area contributed by atoms with Gasteiger partial charge in [-0.15, -0.1) is 0 Å². The average molecular weight is 181 g/mol. The molecule has 2 atom stereocenters. The normalized spacial score (nSPS) is 28.2. The summed E-state index contributed by atoms with van der Waals surface area (Å²) in [6.07, 6.45) is 1.95. The van der Waals surface area contributed by atoms with Crippen LogP contribution >= 0.6 is 0 Å². The first kappa shape index (κ1) is 8.69. The van der Waals surface area contributed by atoms with Gasteiger partial charge >= 0.3 is 0 Å². The Labute approximate surface area is 77.7 Å². The van der Waals surface area contributed by atoms with Gasteiger partial charge in [0, 0.05) is 19.0 Å². The molecule has 2 rings (SSSR count). The number of aromatic nitrogens is 2. The fraction of sp³-hybridized carbons (Fsp3) is 0.778. The van der Waals surface area contributed by atoms with E-state index in [-0.39, 0.29) is 0 Å². The predicted molar refractivity (Wildman–Crippen MR) is 48.5 cm³/mol. The van der Waals surface area contributed by atoms with Gasteiger partial charge in [0.1, 0.15) is 0 Å². The first-order valence-electron chi connectivity index (χ1n) is 4.85. The molecule has 1 aromatic rings. The molecule has 1 N–H and O–H groups in total. The van der Waals surface area contributed by atoms with Crippen molar-refractivity contribution in [1.82, 2.24) is 15.5 Å². The third kappa shape index (κ3) is 1.72. The topological polar surface area (TPSA) is 51.0 Å². The van der Waals surface area contributed by atoms with Crippen LogP contribution < -0.4 is 5.32 Å². The SMILES string of the molecule is CCc1noc(C2CNC(C)C2)n1. The summed E-state index contributed by atoms with van der Waals surface area (Å²) in [7, 11) is 0. The summed E-state index contributed by atoms with van der Waals surface area (Å²) in [5.74, 6) is 2.03. The minimum atomic E-state index is 0.419. The maximum absolute atomic E-state index is 5.19. The highest BCUT2D eigenvalue weighted by Crippen LogP contribution is 2.23. The van der Waals surface area contributed by atoms with Crippen LogP contribution in [0.5, 0.6) is 0 Å². The van der Waals surface area contributed by atoms with Crippen LogP contribution in [0.2, 0.25) is 0 Å². The zero-order valence-corrected chi connectivity index (χ0v) is 8.08. The van der Waals surface area contributed by atoms with E-state index in [1.165, 1.54) is 0 Å². The van der Waals surface area contributed by atoms with Crippen LogP contribution in [-0.2, 0) is 6.42 Å². The van der Waals surface area contributed by atoms with Gasteiger partial charge in [0.05, 0.1) is 5.92 Å². The van der Waals surface area contributed by atoms with Crippen LogP contribution in [0.15, 0.2) is 4.52 Å². The predicted octanol–water partition coefficient (Wildman–Crippen LogP) is 1.10. The van der Waals surface area contributed by atoms with Crippen molar-refractivity contribution in [3.8, 4) is 0 Å². The highest BCUT2D eigenvalue weighted by Gasteiger charge is 2.26. The van der Waals surface area contributed by atoms with Crippen molar-refractivity contribution < 1.29 is 4.52 Å². The summed E-state index contributed by atoms with van der Waals surface area (Å²) < 4.78 is 5.19. The van der Waals surface area contributed by atoms with Gasteiger partial charge < -0.3 is 9.84 Å². The molecule has 0 spiro atoms. The Morgan fingerprint density at radius 2 is 2.46 bits per heavy atom. The molecular formula is C9H15N3O. The third-order valence-corrected chi connectivity index (χ3v) is 2.50. The molecule has 0 aliphatic carbocycles. The molecule has 72 valence electrons. The van der Waals surface area contributed by atoms with Crippen LogP contribution in [0.1, 0.15) is 37.9 Å². The molecule has 0 aromatic carbocycles. The van der Waals surface area contributed by atoms with E-state index in [0.29, 0.717) is 12.0 Å².